The molecular weight excluding hydrogens is 330 g/mol. The molecule has 0 unspecified atom stereocenters. The van der Waals surface area contributed by atoms with Crippen LogP contribution in [0.2, 0.25) is 0 Å². The van der Waals surface area contributed by atoms with Crippen molar-refractivity contribution in [2.45, 2.75) is 0 Å². The third kappa shape index (κ3) is 4.57. The van der Waals surface area contributed by atoms with Crippen LogP contribution in [0.5, 0.6) is 0 Å². The van der Waals surface area contributed by atoms with Gasteiger partial charge in [0.15, 0.2) is 0 Å². The fourth-order valence-corrected chi connectivity index (χ4v) is 2.04. The zero-order chi connectivity index (χ0) is 15.1. The minimum atomic E-state index is -0.154. The van der Waals surface area contributed by atoms with Crippen molar-refractivity contribution in [2.24, 2.45) is 10.7 Å². The maximum absolute atomic E-state index is 12.1. The zero-order valence-electron chi connectivity index (χ0n) is 11.2. The summed E-state index contributed by atoms with van der Waals surface area (Å²) < 4.78 is 0.868. The van der Waals surface area contributed by atoms with Gasteiger partial charge in [-0.15, -0.1) is 0 Å². The van der Waals surface area contributed by atoms with Crippen molar-refractivity contribution >= 4 is 39.4 Å². The summed E-state index contributed by atoms with van der Waals surface area (Å²) in [6, 6.07) is 14.5. The normalized spacial score (nSPS) is 11.1. The summed E-state index contributed by atoms with van der Waals surface area (Å²) in [6.07, 6.45) is 4.66. The average molecular weight is 344 g/mol. The van der Waals surface area contributed by atoms with Gasteiger partial charge in [-0.1, -0.05) is 22.0 Å². The minimum Gasteiger partial charge on any atom is -0.405 e. The van der Waals surface area contributed by atoms with Gasteiger partial charge in [0.25, 0.3) is 5.91 Å². The lowest BCUT2D eigenvalue weighted by Crippen LogP contribution is -2.11. The predicted molar refractivity (Wildman–Crippen MR) is 90.0 cm³/mol. The van der Waals surface area contributed by atoms with Crippen LogP contribution in [0.25, 0.3) is 0 Å². The second kappa shape index (κ2) is 7.40. The number of amides is 1. The molecule has 3 N–H and O–H groups in total. The second-order valence-corrected chi connectivity index (χ2v) is 5.09. The maximum atomic E-state index is 12.1. The van der Waals surface area contributed by atoms with E-state index < -0.39 is 0 Å². The van der Waals surface area contributed by atoms with Crippen molar-refractivity contribution in [3.05, 3.63) is 70.8 Å². The Balaban J connectivity index is 2.05. The first kappa shape index (κ1) is 15.0. The van der Waals surface area contributed by atoms with Crippen LogP contribution in [0.15, 0.2) is 70.3 Å². The number of nitrogens with zero attached hydrogens (tertiary/aromatic N) is 1. The van der Waals surface area contributed by atoms with E-state index in [2.05, 4.69) is 26.2 Å². The molecule has 0 aliphatic heterocycles. The van der Waals surface area contributed by atoms with E-state index in [-0.39, 0.29) is 5.91 Å². The molecule has 2 aromatic rings. The Kier molecular flexibility index (Phi) is 5.29. The van der Waals surface area contributed by atoms with Gasteiger partial charge in [-0.25, -0.2) is 0 Å². The van der Waals surface area contributed by atoms with Crippen molar-refractivity contribution in [2.75, 3.05) is 5.32 Å². The van der Waals surface area contributed by atoms with Crippen LogP contribution in [0.4, 0.5) is 11.4 Å². The smallest absolute Gasteiger partial charge is 0.255 e. The Morgan fingerprint density at radius 2 is 1.95 bits per heavy atom. The Morgan fingerprint density at radius 3 is 2.62 bits per heavy atom. The van der Waals surface area contributed by atoms with Crippen LogP contribution >= 0.6 is 15.9 Å². The van der Waals surface area contributed by atoms with E-state index in [1.807, 2.05) is 24.3 Å². The van der Waals surface area contributed by atoms with Crippen molar-refractivity contribution in [1.82, 2.24) is 0 Å². The molecular formula is C16H14BrN3O. The molecule has 0 bridgehead atoms. The summed E-state index contributed by atoms with van der Waals surface area (Å²) in [5.74, 6) is -0.154. The van der Waals surface area contributed by atoms with Crippen LogP contribution in [0.1, 0.15) is 10.4 Å². The van der Waals surface area contributed by atoms with Gasteiger partial charge in [0.1, 0.15) is 0 Å². The average Bonchev–Trinajstić information content (AvgIpc) is 2.49. The molecule has 21 heavy (non-hydrogen) atoms. The molecule has 0 aliphatic rings. The van der Waals surface area contributed by atoms with Crippen molar-refractivity contribution in [3.8, 4) is 0 Å². The molecule has 0 saturated heterocycles. The van der Waals surface area contributed by atoms with Crippen LogP contribution in [-0.4, -0.2) is 12.1 Å². The Hall–Kier alpha value is -2.40. The van der Waals surface area contributed by atoms with Crippen LogP contribution in [0.3, 0.4) is 0 Å². The number of rotatable bonds is 4. The van der Waals surface area contributed by atoms with E-state index in [0.717, 1.165) is 10.2 Å². The number of carbonyl (C=O) groups is 1. The molecule has 2 rings (SSSR count). The molecule has 0 heterocycles. The Bertz CT molecular complexity index is 678. The standard InChI is InChI=1S/C16H14BrN3O/c17-13-4-1-3-12(11-13)16(21)20-15-7-5-14(6-8-15)19-10-2-9-18/h1-11H,18H2,(H,20,21). The molecule has 2 aromatic carbocycles. The third-order valence-electron chi connectivity index (χ3n) is 2.63. The molecule has 0 saturated carbocycles. The molecule has 0 aliphatic carbocycles. The van der Waals surface area contributed by atoms with Gasteiger partial charge >= 0.3 is 0 Å². The lowest BCUT2D eigenvalue weighted by atomic mass is 10.2. The van der Waals surface area contributed by atoms with Crippen LogP contribution in [0, 0.1) is 0 Å². The monoisotopic (exact) mass is 343 g/mol. The number of aliphatic imine (C=N–C) groups is 1. The first-order valence-corrected chi connectivity index (χ1v) is 7.06. The summed E-state index contributed by atoms with van der Waals surface area (Å²) >= 11 is 3.35. The zero-order valence-corrected chi connectivity index (χ0v) is 12.7. The number of hydrogen-bond acceptors (Lipinski definition) is 3. The van der Waals surface area contributed by atoms with Gasteiger partial charge in [0.05, 0.1) is 5.69 Å². The molecule has 1 amide bonds. The summed E-state index contributed by atoms with van der Waals surface area (Å²) in [5.41, 5.74) is 7.31. The lowest BCUT2D eigenvalue weighted by Gasteiger charge is -2.05. The first-order valence-electron chi connectivity index (χ1n) is 6.27. The number of nitrogens with one attached hydrogen (secondary N) is 1. The molecule has 0 atom stereocenters. The van der Waals surface area contributed by atoms with E-state index in [1.54, 1.807) is 36.6 Å². The number of benzene rings is 2. The molecule has 0 fully saturated rings. The van der Waals surface area contributed by atoms with Gasteiger partial charge in [0, 0.05) is 21.9 Å². The SMILES string of the molecule is NC=CC=Nc1ccc(NC(=O)c2cccc(Br)c2)cc1. The molecule has 0 aromatic heterocycles. The minimum absolute atomic E-state index is 0.154. The van der Waals surface area contributed by atoms with Crippen LogP contribution < -0.4 is 11.1 Å². The molecule has 5 heteroatoms. The molecule has 0 spiro atoms. The first-order chi connectivity index (χ1) is 10.2. The third-order valence-corrected chi connectivity index (χ3v) is 3.13. The number of nitrogens with two attached hydrogens (primary N) is 1. The van der Waals surface area contributed by atoms with E-state index in [4.69, 9.17) is 5.73 Å². The summed E-state index contributed by atoms with van der Waals surface area (Å²) in [6.45, 7) is 0. The highest BCUT2D eigenvalue weighted by molar-refractivity contribution is 9.10. The van der Waals surface area contributed by atoms with Crippen molar-refractivity contribution < 1.29 is 4.79 Å². The largest absolute Gasteiger partial charge is 0.405 e. The van der Waals surface area contributed by atoms with Gasteiger partial charge in [0.2, 0.25) is 0 Å². The quantitative estimate of drug-likeness (QED) is 0.827. The van der Waals surface area contributed by atoms with Gasteiger partial charge in [-0.2, -0.15) is 0 Å². The molecule has 0 radical (unpaired) electrons. The Labute approximate surface area is 131 Å². The predicted octanol–water partition coefficient (Wildman–Crippen LogP) is 3.88. The number of carbonyl (C=O) groups excluding carboxylic acids is 1. The van der Waals surface area contributed by atoms with E-state index in [9.17, 15) is 4.79 Å². The lowest BCUT2D eigenvalue weighted by molar-refractivity contribution is 0.102. The fourth-order valence-electron chi connectivity index (χ4n) is 1.64. The number of allylic oxidation sites excluding steroid dienone is 1. The summed E-state index contributed by atoms with van der Waals surface area (Å²) in [4.78, 5) is 16.3. The van der Waals surface area contributed by atoms with E-state index in [1.165, 1.54) is 6.20 Å². The topological polar surface area (TPSA) is 67.5 Å². The summed E-state index contributed by atoms with van der Waals surface area (Å²) in [5, 5.41) is 2.83. The highest BCUT2D eigenvalue weighted by atomic mass is 79.9. The van der Waals surface area contributed by atoms with E-state index in [0.29, 0.717) is 11.3 Å². The molecule has 4 nitrogen and oxygen atoms in total. The number of hydrogen-bond donors (Lipinski definition) is 2. The summed E-state index contributed by atoms with van der Waals surface area (Å²) in [7, 11) is 0. The maximum Gasteiger partial charge on any atom is 0.255 e. The molecule has 106 valence electrons. The van der Waals surface area contributed by atoms with Gasteiger partial charge in [-0.05, 0) is 54.7 Å². The number of anilines is 1. The second-order valence-electron chi connectivity index (χ2n) is 4.17. The highest BCUT2D eigenvalue weighted by Crippen LogP contribution is 2.17. The highest BCUT2D eigenvalue weighted by Gasteiger charge is 2.06. The Morgan fingerprint density at radius 1 is 1.19 bits per heavy atom. The van der Waals surface area contributed by atoms with Gasteiger partial charge in [-0.3, -0.25) is 9.79 Å². The van der Waals surface area contributed by atoms with Gasteiger partial charge < -0.3 is 11.1 Å². The number of halogens is 1. The van der Waals surface area contributed by atoms with Crippen molar-refractivity contribution in [1.29, 1.82) is 0 Å². The van der Waals surface area contributed by atoms with Crippen molar-refractivity contribution in [3.63, 3.8) is 0 Å². The van der Waals surface area contributed by atoms with Crippen LogP contribution in [-0.2, 0) is 0 Å². The fraction of sp³-hybridized carbons (Fsp3) is 0. The van der Waals surface area contributed by atoms with E-state index >= 15 is 0 Å².